The molecular formula is C15H18F2N2O. The maximum absolute atomic E-state index is 13.6. The van der Waals surface area contributed by atoms with Crippen LogP contribution in [0.2, 0.25) is 0 Å². The molecule has 0 bridgehead atoms. The second kappa shape index (κ2) is 6.19. The number of nitriles is 1. The summed E-state index contributed by atoms with van der Waals surface area (Å²) in [7, 11) is 0. The Hall–Kier alpha value is -1.67. The molecule has 3 nitrogen and oxygen atoms in total. The van der Waals surface area contributed by atoms with Gasteiger partial charge < -0.3 is 4.74 Å². The van der Waals surface area contributed by atoms with Gasteiger partial charge in [-0.05, 0) is 37.9 Å². The molecule has 0 radical (unpaired) electrons. The van der Waals surface area contributed by atoms with Gasteiger partial charge in [0.05, 0.1) is 6.07 Å². The van der Waals surface area contributed by atoms with E-state index in [4.69, 9.17) is 4.74 Å². The first-order chi connectivity index (χ1) is 9.60. The number of hydrogen-bond donors (Lipinski definition) is 1. The lowest BCUT2D eigenvalue weighted by molar-refractivity contribution is 0.108. The van der Waals surface area contributed by atoms with Crippen LogP contribution < -0.4 is 10.1 Å². The van der Waals surface area contributed by atoms with Gasteiger partial charge in [0.15, 0.2) is 11.6 Å². The Labute approximate surface area is 117 Å². The second-order valence-electron chi connectivity index (χ2n) is 5.11. The Bertz CT molecular complexity index is 511. The fourth-order valence-electron chi connectivity index (χ4n) is 2.72. The fourth-order valence-corrected chi connectivity index (χ4v) is 2.72. The van der Waals surface area contributed by atoms with Gasteiger partial charge in [0.25, 0.3) is 0 Å². The van der Waals surface area contributed by atoms with E-state index in [1.54, 1.807) is 0 Å². The smallest absolute Gasteiger partial charge is 0.200 e. The summed E-state index contributed by atoms with van der Waals surface area (Å²) in [6.07, 6.45) is 2.52. The molecule has 1 saturated carbocycles. The van der Waals surface area contributed by atoms with Gasteiger partial charge in [-0.15, -0.1) is 0 Å². The first kappa shape index (κ1) is 14.7. The van der Waals surface area contributed by atoms with Crippen molar-refractivity contribution < 1.29 is 13.5 Å². The minimum absolute atomic E-state index is 0.0831. The summed E-state index contributed by atoms with van der Waals surface area (Å²) < 4.78 is 32.3. The highest BCUT2D eigenvalue weighted by atomic mass is 19.2. The fraction of sp³-hybridized carbons (Fsp3) is 0.533. The maximum atomic E-state index is 13.6. The monoisotopic (exact) mass is 280 g/mol. The van der Waals surface area contributed by atoms with E-state index in [1.807, 2.05) is 6.92 Å². The normalized spacial score (nSPS) is 26.0. The van der Waals surface area contributed by atoms with Crippen LogP contribution in [0.3, 0.4) is 0 Å². The Kier molecular flexibility index (Phi) is 4.56. The van der Waals surface area contributed by atoms with Crippen molar-refractivity contribution in [2.45, 2.75) is 44.2 Å². The molecule has 0 heterocycles. The molecule has 0 amide bonds. The average molecular weight is 280 g/mol. The third-order valence-electron chi connectivity index (χ3n) is 3.64. The van der Waals surface area contributed by atoms with Crippen LogP contribution in [-0.2, 0) is 0 Å². The van der Waals surface area contributed by atoms with Gasteiger partial charge in [0, 0.05) is 6.42 Å². The van der Waals surface area contributed by atoms with E-state index in [1.165, 1.54) is 12.1 Å². The summed E-state index contributed by atoms with van der Waals surface area (Å²) in [5.41, 5.74) is -0.624. The Morgan fingerprint density at radius 1 is 1.50 bits per heavy atom. The number of hydrogen-bond acceptors (Lipinski definition) is 3. The predicted molar refractivity (Wildman–Crippen MR) is 71.3 cm³/mol. The zero-order valence-electron chi connectivity index (χ0n) is 11.5. The third-order valence-corrected chi connectivity index (χ3v) is 3.64. The quantitative estimate of drug-likeness (QED) is 0.921. The Morgan fingerprint density at radius 3 is 3.00 bits per heavy atom. The van der Waals surface area contributed by atoms with Crippen molar-refractivity contribution >= 4 is 0 Å². The van der Waals surface area contributed by atoms with Crippen molar-refractivity contribution in [3.05, 3.63) is 29.8 Å². The van der Waals surface area contributed by atoms with E-state index >= 15 is 0 Å². The molecule has 1 N–H and O–H groups in total. The Balaban J connectivity index is 2.10. The van der Waals surface area contributed by atoms with Gasteiger partial charge in [-0.1, -0.05) is 13.0 Å². The number of ether oxygens (including phenoxy) is 1. The molecule has 1 fully saturated rings. The van der Waals surface area contributed by atoms with Gasteiger partial charge in [-0.25, -0.2) is 4.39 Å². The van der Waals surface area contributed by atoms with Crippen molar-refractivity contribution in [3.8, 4) is 11.8 Å². The molecule has 0 spiro atoms. The minimum atomic E-state index is -0.968. The van der Waals surface area contributed by atoms with Crippen molar-refractivity contribution in [1.82, 2.24) is 5.32 Å². The number of nitrogens with zero attached hydrogens (tertiary/aromatic N) is 1. The van der Waals surface area contributed by atoms with E-state index in [0.717, 1.165) is 25.3 Å². The number of nitrogens with one attached hydrogen (secondary N) is 1. The predicted octanol–water partition coefficient (Wildman–Crippen LogP) is 3.16. The van der Waals surface area contributed by atoms with E-state index in [9.17, 15) is 14.0 Å². The van der Waals surface area contributed by atoms with Crippen LogP contribution in [0.1, 0.15) is 32.6 Å². The van der Waals surface area contributed by atoms with E-state index in [0.29, 0.717) is 13.0 Å². The van der Waals surface area contributed by atoms with Crippen LogP contribution in [0.5, 0.6) is 5.75 Å². The van der Waals surface area contributed by atoms with Crippen molar-refractivity contribution in [1.29, 1.82) is 5.26 Å². The van der Waals surface area contributed by atoms with E-state index in [2.05, 4.69) is 11.4 Å². The third kappa shape index (κ3) is 3.07. The topological polar surface area (TPSA) is 45.0 Å². The highest BCUT2D eigenvalue weighted by Crippen LogP contribution is 2.31. The molecule has 0 saturated heterocycles. The molecule has 0 aliphatic heterocycles. The molecule has 108 valence electrons. The standard InChI is InChI=1S/C15H18F2N2O/c1-2-19-15(10-18)8-4-5-11(9-15)20-13-7-3-6-12(16)14(13)17/h3,6-7,11,19H,2,4-5,8-9H2,1H3. The van der Waals surface area contributed by atoms with E-state index in [-0.39, 0.29) is 11.9 Å². The largest absolute Gasteiger partial charge is 0.487 e. The maximum Gasteiger partial charge on any atom is 0.200 e. The molecule has 1 aromatic carbocycles. The summed E-state index contributed by atoms with van der Waals surface area (Å²) in [5, 5.41) is 12.5. The van der Waals surface area contributed by atoms with Crippen molar-refractivity contribution in [3.63, 3.8) is 0 Å². The molecule has 1 aliphatic rings. The highest BCUT2D eigenvalue weighted by Gasteiger charge is 2.37. The van der Waals surface area contributed by atoms with Gasteiger partial charge in [0.1, 0.15) is 11.6 Å². The SMILES string of the molecule is CCNC1(C#N)CCCC(Oc2cccc(F)c2F)C1. The number of rotatable bonds is 4. The molecule has 1 aromatic rings. The van der Waals surface area contributed by atoms with Gasteiger partial charge in [-0.3, -0.25) is 5.32 Å². The van der Waals surface area contributed by atoms with Gasteiger partial charge >= 0.3 is 0 Å². The minimum Gasteiger partial charge on any atom is -0.487 e. The van der Waals surface area contributed by atoms with Crippen LogP contribution in [0.25, 0.3) is 0 Å². The van der Waals surface area contributed by atoms with Crippen LogP contribution >= 0.6 is 0 Å². The summed E-state index contributed by atoms with van der Waals surface area (Å²) in [4.78, 5) is 0. The molecule has 5 heteroatoms. The van der Waals surface area contributed by atoms with E-state index < -0.39 is 17.2 Å². The van der Waals surface area contributed by atoms with Crippen LogP contribution in [0.4, 0.5) is 8.78 Å². The molecule has 2 rings (SSSR count). The first-order valence-electron chi connectivity index (χ1n) is 6.87. The first-order valence-corrected chi connectivity index (χ1v) is 6.87. The van der Waals surface area contributed by atoms with Gasteiger partial charge in [-0.2, -0.15) is 9.65 Å². The Morgan fingerprint density at radius 2 is 2.30 bits per heavy atom. The molecule has 1 aliphatic carbocycles. The molecule has 20 heavy (non-hydrogen) atoms. The summed E-state index contributed by atoms with van der Waals surface area (Å²) >= 11 is 0. The molecular weight excluding hydrogens is 262 g/mol. The van der Waals surface area contributed by atoms with Crippen LogP contribution in [0.15, 0.2) is 18.2 Å². The summed E-state index contributed by atoms with van der Waals surface area (Å²) in [6, 6.07) is 6.18. The lowest BCUT2D eigenvalue weighted by Gasteiger charge is -2.36. The number of benzene rings is 1. The van der Waals surface area contributed by atoms with Gasteiger partial charge in [0.2, 0.25) is 5.82 Å². The molecule has 0 aromatic heterocycles. The summed E-state index contributed by atoms with van der Waals surface area (Å²) in [6.45, 7) is 2.63. The zero-order chi connectivity index (χ0) is 14.6. The summed E-state index contributed by atoms with van der Waals surface area (Å²) in [5.74, 6) is -1.97. The lowest BCUT2D eigenvalue weighted by Crippen LogP contribution is -2.49. The zero-order valence-corrected chi connectivity index (χ0v) is 11.5. The van der Waals surface area contributed by atoms with Crippen LogP contribution in [0, 0.1) is 23.0 Å². The average Bonchev–Trinajstić information content (AvgIpc) is 2.45. The highest BCUT2D eigenvalue weighted by molar-refractivity contribution is 5.25. The lowest BCUT2D eigenvalue weighted by atomic mass is 9.81. The number of halogens is 2. The second-order valence-corrected chi connectivity index (χ2v) is 5.11. The van der Waals surface area contributed by atoms with Crippen molar-refractivity contribution in [2.24, 2.45) is 0 Å². The van der Waals surface area contributed by atoms with Crippen LogP contribution in [-0.4, -0.2) is 18.2 Å². The molecule has 2 unspecified atom stereocenters. The molecule has 2 atom stereocenters. The van der Waals surface area contributed by atoms with Crippen molar-refractivity contribution in [2.75, 3.05) is 6.54 Å².